The van der Waals surface area contributed by atoms with Crippen molar-refractivity contribution in [1.82, 2.24) is 9.55 Å². The summed E-state index contributed by atoms with van der Waals surface area (Å²) in [6.07, 6.45) is -5.86. The highest BCUT2D eigenvalue weighted by molar-refractivity contribution is 6.33. The number of aliphatic hydroxyl groups is 1. The van der Waals surface area contributed by atoms with E-state index >= 15 is 0 Å². The van der Waals surface area contributed by atoms with Crippen molar-refractivity contribution >= 4 is 11.6 Å². The number of ether oxygens (including phenoxy) is 2. The molecule has 0 unspecified atom stereocenters. The highest BCUT2D eigenvalue weighted by atomic mass is 35.5. The fraction of sp³-hybridized carbons (Fsp3) is 0.346. The van der Waals surface area contributed by atoms with Gasteiger partial charge in [-0.25, -0.2) is 22.5 Å². The maximum atomic E-state index is 14.5. The van der Waals surface area contributed by atoms with Crippen LogP contribution in [0.3, 0.4) is 0 Å². The number of nitrogens with zero attached hydrogens (tertiary/aromatic N) is 5. The lowest BCUT2D eigenvalue weighted by atomic mass is 10.1. The van der Waals surface area contributed by atoms with Gasteiger partial charge in [-0.15, -0.1) is 0 Å². The molecule has 1 aromatic carbocycles. The van der Waals surface area contributed by atoms with Crippen molar-refractivity contribution in [3.05, 3.63) is 74.2 Å². The third-order valence-electron chi connectivity index (χ3n) is 5.32. The lowest BCUT2D eigenvalue weighted by Crippen LogP contribution is -2.46. The van der Waals surface area contributed by atoms with Gasteiger partial charge >= 0.3 is 12.3 Å². The normalized spacial score (nSPS) is 11.0. The number of aromatic nitrogens is 3. The summed E-state index contributed by atoms with van der Waals surface area (Å²) in [5, 5.41) is 27.0. The predicted octanol–water partition coefficient (Wildman–Crippen LogP) is 4.52. The summed E-state index contributed by atoms with van der Waals surface area (Å²) in [7, 11) is 1.19. The van der Waals surface area contributed by atoms with E-state index in [1.165, 1.54) is 25.4 Å². The SMILES string of the molecule is CC.CO[n+]1cc(OCCO)c(C#N)cc1Cn1cnc(C(F)(F)C(F)F)c(Oc2cc(C(F)F)cc(C#N)c2Cl)c1=O. The van der Waals surface area contributed by atoms with Gasteiger partial charge in [0.15, 0.2) is 5.69 Å². The van der Waals surface area contributed by atoms with E-state index in [0.29, 0.717) is 23.0 Å². The summed E-state index contributed by atoms with van der Waals surface area (Å²) in [5.74, 6) is -7.41. The Balaban J connectivity index is 0.00000316. The summed E-state index contributed by atoms with van der Waals surface area (Å²) in [4.78, 5) is 21.8. The molecule has 0 aliphatic rings. The van der Waals surface area contributed by atoms with E-state index in [1.807, 2.05) is 19.9 Å². The van der Waals surface area contributed by atoms with Gasteiger partial charge in [0.1, 0.15) is 48.7 Å². The van der Waals surface area contributed by atoms with Gasteiger partial charge in [-0.1, -0.05) is 25.4 Å². The van der Waals surface area contributed by atoms with Gasteiger partial charge in [0.05, 0.1) is 18.5 Å². The van der Waals surface area contributed by atoms with Crippen molar-refractivity contribution in [1.29, 1.82) is 10.5 Å². The molecule has 1 N–H and O–H groups in total. The molecule has 0 saturated carbocycles. The molecule has 0 radical (unpaired) electrons. The largest absolute Gasteiger partial charge is 0.484 e. The summed E-state index contributed by atoms with van der Waals surface area (Å²) in [6.45, 7) is 2.88. The molecule has 0 spiro atoms. The number of hydrogen-bond donors (Lipinski definition) is 1. The Morgan fingerprint density at radius 1 is 1.12 bits per heavy atom. The third-order valence-corrected chi connectivity index (χ3v) is 5.71. The lowest BCUT2D eigenvalue weighted by molar-refractivity contribution is -0.890. The second-order valence-electron chi connectivity index (χ2n) is 7.91. The zero-order chi connectivity index (χ0) is 32.5. The van der Waals surface area contributed by atoms with Gasteiger partial charge < -0.3 is 14.6 Å². The minimum atomic E-state index is -5.04. The van der Waals surface area contributed by atoms with Crippen LogP contribution in [-0.2, 0) is 12.5 Å². The number of pyridine rings is 1. The molecule has 3 aromatic rings. The zero-order valence-corrected chi connectivity index (χ0v) is 23.4. The van der Waals surface area contributed by atoms with Crippen LogP contribution in [-0.4, -0.2) is 41.4 Å². The summed E-state index contributed by atoms with van der Waals surface area (Å²) in [6, 6.07) is 5.76. The lowest BCUT2D eigenvalue weighted by Gasteiger charge is -2.19. The predicted molar refractivity (Wildman–Crippen MR) is 136 cm³/mol. The Morgan fingerprint density at radius 3 is 2.30 bits per heavy atom. The van der Waals surface area contributed by atoms with E-state index in [-0.39, 0.29) is 30.2 Å². The van der Waals surface area contributed by atoms with E-state index in [1.54, 1.807) is 0 Å². The maximum absolute atomic E-state index is 14.5. The van der Waals surface area contributed by atoms with E-state index in [0.717, 1.165) is 4.73 Å². The van der Waals surface area contributed by atoms with E-state index < -0.39 is 64.2 Å². The minimum Gasteiger partial charge on any atom is -0.484 e. The van der Waals surface area contributed by atoms with Gasteiger partial charge in [-0.05, 0) is 12.1 Å². The van der Waals surface area contributed by atoms with Crippen LogP contribution in [0.5, 0.6) is 17.2 Å². The second-order valence-corrected chi connectivity index (χ2v) is 8.29. The average Bonchev–Trinajstić information content (AvgIpc) is 2.99. The standard InChI is InChI=1S/C24H17ClF6N5O5.C2H6/c1-39-36-10-17(40-3-2-37)13(7-32)5-15(36)9-35-11-34-20(24(30,31)23(28)29)19(22(35)38)41-16-6-12(21(26)27)4-14(8-33)18(16)25;1-2/h4-6,10-11,21,23,37H,2-3,9H2,1H3;1-2H3/q+1;. The molecule has 2 aromatic heterocycles. The fourth-order valence-corrected chi connectivity index (χ4v) is 3.59. The highest BCUT2D eigenvalue weighted by Crippen LogP contribution is 2.41. The Kier molecular flexibility index (Phi) is 12.2. The number of nitriles is 2. The number of hydrogen-bond acceptors (Lipinski definition) is 8. The number of halogens is 7. The van der Waals surface area contributed by atoms with Gasteiger partial charge in [0.2, 0.25) is 11.5 Å². The van der Waals surface area contributed by atoms with Crippen LogP contribution in [0, 0.1) is 22.7 Å². The van der Waals surface area contributed by atoms with Crippen LogP contribution in [0.4, 0.5) is 26.3 Å². The van der Waals surface area contributed by atoms with E-state index in [4.69, 9.17) is 31.0 Å². The second kappa shape index (κ2) is 15.1. The van der Waals surface area contributed by atoms with Crippen molar-refractivity contribution in [2.24, 2.45) is 0 Å². The molecule has 43 heavy (non-hydrogen) atoms. The summed E-state index contributed by atoms with van der Waals surface area (Å²) >= 11 is 5.98. The molecule has 0 aliphatic heterocycles. The Labute approximate surface area is 245 Å². The average molecular weight is 635 g/mol. The molecular weight excluding hydrogens is 612 g/mol. The summed E-state index contributed by atoms with van der Waals surface area (Å²) < 4.78 is 94.2. The van der Waals surface area contributed by atoms with Crippen molar-refractivity contribution in [2.75, 3.05) is 20.3 Å². The van der Waals surface area contributed by atoms with Crippen LogP contribution >= 0.6 is 11.6 Å². The van der Waals surface area contributed by atoms with Crippen molar-refractivity contribution in [3.8, 4) is 29.4 Å². The molecule has 0 saturated heterocycles. The van der Waals surface area contributed by atoms with Crippen LogP contribution in [0.25, 0.3) is 0 Å². The number of aliphatic hydroxyl groups excluding tert-OH is 1. The first-order valence-electron chi connectivity index (χ1n) is 12.1. The maximum Gasteiger partial charge on any atom is 0.352 e. The van der Waals surface area contributed by atoms with Crippen LogP contribution < -0.4 is 24.6 Å². The molecule has 2 heterocycles. The van der Waals surface area contributed by atoms with Crippen LogP contribution in [0.2, 0.25) is 5.02 Å². The molecule has 3 rings (SSSR count). The van der Waals surface area contributed by atoms with Crippen LogP contribution in [0.1, 0.15) is 48.4 Å². The Morgan fingerprint density at radius 2 is 1.77 bits per heavy atom. The van der Waals surface area contributed by atoms with Crippen molar-refractivity contribution in [2.45, 2.75) is 39.2 Å². The Hall–Kier alpha value is -4.54. The molecule has 0 bridgehead atoms. The molecular formula is C26H23ClF6N5O5+. The van der Waals surface area contributed by atoms with Gasteiger partial charge in [-0.2, -0.15) is 19.3 Å². The van der Waals surface area contributed by atoms with Gasteiger partial charge in [0, 0.05) is 16.4 Å². The number of alkyl halides is 6. The molecule has 0 fully saturated rings. The quantitative estimate of drug-likeness (QED) is 0.240. The number of benzene rings is 1. The zero-order valence-electron chi connectivity index (χ0n) is 22.6. The van der Waals surface area contributed by atoms with E-state index in [2.05, 4.69) is 4.98 Å². The molecule has 0 aliphatic carbocycles. The smallest absolute Gasteiger partial charge is 0.352 e. The first-order chi connectivity index (χ1) is 20.4. The Bertz CT molecular complexity index is 1590. The third kappa shape index (κ3) is 7.65. The molecule has 10 nitrogen and oxygen atoms in total. The number of rotatable bonds is 11. The molecule has 0 amide bonds. The van der Waals surface area contributed by atoms with Crippen molar-refractivity contribution < 1.29 is 50.5 Å². The van der Waals surface area contributed by atoms with Crippen LogP contribution in [0.15, 0.2) is 35.5 Å². The van der Waals surface area contributed by atoms with Gasteiger partial charge in [0.25, 0.3) is 23.9 Å². The first kappa shape index (κ1) is 34.7. The summed E-state index contributed by atoms with van der Waals surface area (Å²) in [5.41, 5.74) is -4.77. The molecule has 230 valence electrons. The van der Waals surface area contributed by atoms with Gasteiger partial charge in [-0.3, -0.25) is 14.2 Å². The monoisotopic (exact) mass is 634 g/mol. The van der Waals surface area contributed by atoms with Crippen molar-refractivity contribution in [3.63, 3.8) is 0 Å². The fourth-order valence-electron chi connectivity index (χ4n) is 3.40. The topological polar surface area (TPSA) is 134 Å². The molecule has 0 atom stereocenters. The first-order valence-corrected chi connectivity index (χ1v) is 12.5. The minimum absolute atomic E-state index is 0.0181. The highest BCUT2D eigenvalue weighted by Gasteiger charge is 2.48. The van der Waals surface area contributed by atoms with E-state index in [9.17, 15) is 41.7 Å². The molecule has 17 heteroatoms.